The highest BCUT2D eigenvalue weighted by molar-refractivity contribution is 5.92. The minimum absolute atomic E-state index is 0.779. The molecule has 0 fully saturated rings. The minimum atomic E-state index is 0.779. The van der Waals surface area contributed by atoms with Crippen molar-refractivity contribution in [3.05, 3.63) is 30.5 Å². The zero-order valence-corrected chi connectivity index (χ0v) is 9.74. The molecule has 0 bridgehead atoms. The Hall–Kier alpha value is -1.48. The Morgan fingerprint density at radius 1 is 1.25 bits per heavy atom. The van der Waals surface area contributed by atoms with E-state index in [2.05, 4.69) is 47.4 Å². The highest BCUT2D eigenvalue weighted by Crippen LogP contribution is 2.25. The van der Waals surface area contributed by atoms with E-state index in [-0.39, 0.29) is 0 Å². The number of fused-ring (bicyclic) bond motifs is 1. The van der Waals surface area contributed by atoms with Crippen molar-refractivity contribution in [1.29, 1.82) is 0 Å². The average molecular weight is 217 g/mol. The first-order valence-corrected chi connectivity index (χ1v) is 5.80. The number of unbranched alkanes of at least 4 members (excludes halogenated alkanes) is 1. The topological polar surface area (TPSA) is 45.0 Å². The van der Waals surface area contributed by atoms with Crippen molar-refractivity contribution in [2.24, 2.45) is 5.73 Å². The number of aromatic nitrogens is 1. The molecule has 0 unspecified atom stereocenters. The molecule has 3 heteroatoms. The van der Waals surface area contributed by atoms with Crippen LogP contribution in [-0.4, -0.2) is 25.1 Å². The SMILES string of the molecule is CN(CCCCN)c1c[nH]c2ccccc12. The number of hydrogen-bond acceptors (Lipinski definition) is 2. The third-order valence-electron chi connectivity index (χ3n) is 2.93. The third-order valence-corrected chi connectivity index (χ3v) is 2.93. The van der Waals surface area contributed by atoms with Crippen LogP contribution in [0.2, 0.25) is 0 Å². The molecule has 1 aromatic heterocycles. The summed E-state index contributed by atoms with van der Waals surface area (Å²) in [4.78, 5) is 5.58. The van der Waals surface area contributed by atoms with Crippen molar-refractivity contribution >= 4 is 16.6 Å². The number of hydrogen-bond donors (Lipinski definition) is 2. The van der Waals surface area contributed by atoms with E-state index in [1.165, 1.54) is 16.6 Å². The van der Waals surface area contributed by atoms with Gasteiger partial charge >= 0.3 is 0 Å². The zero-order chi connectivity index (χ0) is 11.4. The summed E-state index contributed by atoms with van der Waals surface area (Å²) in [6.07, 6.45) is 4.31. The first-order chi connectivity index (χ1) is 7.83. The van der Waals surface area contributed by atoms with Gasteiger partial charge in [0, 0.05) is 30.7 Å². The van der Waals surface area contributed by atoms with Crippen LogP contribution in [0.4, 0.5) is 5.69 Å². The predicted octanol–water partition coefficient (Wildman–Crippen LogP) is 2.34. The average Bonchev–Trinajstić information content (AvgIpc) is 2.73. The van der Waals surface area contributed by atoms with Crippen LogP contribution in [0.25, 0.3) is 10.9 Å². The Labute approximate surface area is 96.2 Å². The standard InChI is InChI=1S/C13H19N3/c1-16(9-5-4-8-14)13-10-15-12-7-3-2-6-11(12)13/h2-3,6-7,10,15H,4-5,8-9,14H2,1H3. The molecule has 3 nitrogen and oxygen atoms in total. The largest absolute Gasteiger partial charge is 0.373 e. The molecule has 0 aliphatic heterocycles. The van der Waals surface area contributed by atoms with Crippen LogP contribution in [0.3, 0.4) is 0 Å². The van der Waals surface area contributed by atoms with Crippen LogP contribution >= 0.6 is 0 Å². The molecule has 1 aromatic carbocycles. The molecule has 2 rings (SSSR count). The van der Waals surface area contributed by atoms with Crippen LogP contribution in [0.1, 0.15) is 12.8 Å². The van der Waals surface area contributed by atoms with Crippen LogP contribution in [0.15, 0.2) is 30.5 Å². The number of para-hydroxylation sites is 1. The van der Waals surface area contributed by atoms with Crippen molar-refractivity contribution in [3.8, 4) is 0 Å². The maximum absolute atomic E-state index is 5.50. The third kappa shape index (κ3) is 2.19. The molecule has 86 valence electrons. The van der Waals surface area contributed by atoms with E-state index in [4.69, 9.17) is 5.73 Å². The molecule has 0 aliphatic carbocycles. The lowest BCUT2D eigenvalue weighted by Gasteiger charge is -2.17. The van der Waals surface area contributed by atoms with Crippen molar-refractivity contribution in [1.82, 2.24) is 4.98 Å². The Morgan fingerprint density at radius 2 is 2.06 bits per heavy atom. The fourth-order valence-corrected chi connectivity index (χ4v) is 1.99. The first kappa shape index (κ1) is 11.0. The van der Waals surface area contributed by atoms with E-state index >= 15 is 0 Å². The number of aromatic amines is 1. The molecular formula is C13H19N3. The second-order valence-electron chi connectivity index (χ2n) is 4.14. The first-order valence-electron chi connectivity index (χ1n) is 5.80. The molecule has 3 N–H and O–H groups in total. The number of nitrogens with two attached hydrogens (primary N) is 1. The Kier molecular flexibility index (Phi) is 3.47. The van der Waals surface area contributed by atoms with Gasteiger partial charge in [0.25, 0.3) is 0 Å². The number of rotatable bonds is 5. The van der Waals surface area contributed by atoms with Crippen molar-refractivity contribution in [3.63, 3.8) is 0 Å². The van der Waals surface area contributed by atoms with Crippen molar-refractivity contribution in [2.75, 3.05) is 25.0 Å². The van der Waals surface area contributed by atoms with Gasteiger partial charge in [-0.15, -0.1) is 0 Å². The van der Waals surface area contributed by atoms with Gasteiger partial charge in [-0.2, -0.15) is 0 Å². The number of nitrogens with one attached hydrogen (secondary N) is 1. The lowest BCUT2D eigenvalue weighted by atomic mass is 10.2. The molecular weight excluding hydrogens is 198 g/mol. The summed E-state index contributed by atoms with van der Waals surface area (Å²) in [5.74, 6) is 0. The Morgan fingerprint density at radius 3 is 2.88 bits per heavy atom. The summed E-state index contributed by atoms with van der Waals surface area (Å²) >= 11 is 0. The van der Waals surface area contributed by atoms with Gasteiger partial charge in [0.15, 0.2) is 0 Å². The summed E-state index contributed by atoms with van der Waals surface area (Å²) in [5.41, 5.74) is 7.97. The highest BCUT2D eigenvalue weighted by atomic mass is 15.1. The zero-order valence-electron chi connectivity index (χ0n) is 9.74. The fourth-order valence-electron chi connectivity index (χ4n) is 1.99. The number of nitrogens with zero attached hydrogens (tertiary/aromatic N) is 1. The maximum Gasteiger partial charge on any atom is 0.0621 e. The van der Waals surface area contributed by atoms with Gasteiger partial charge in [0.2, 0.25) is 0 Å². The lowest BCUT2D eigenvalue weighted by Crippen LogP contribution is -2.18. The van der Waals surface area contributed by atoms with Crippen LogP contribution in [0, 0.1) is 0 Å². The van der Waals surface area contributed by atoms with Crippen molar-refractivity contribution in [2.45, 2.75) is 12.8 Å². The van der Waals surface area contributed by atoms with E-state index in [1.54, 1.807) is 0 Å². The van der Waals surface area contributed by atoms with Gasteiger partial charge in [-0.25, -0.2) is 0 Å². The van der Waals surface area contributed by atoms with Gasteiger partial charge in [-0.05, 0) is 25.5 Å². The van der Waals surface area contributed by atoms with Crippen LogP contribution in [0.5, 0.6) is 0 Å². The smallest absolute Gasteiger partial charge is 0.0621 e. The molecule has 0 saturated carbocycles. The Balaban J connectivity index is 2.13. The van der Waals surface area contributed by atoms with Gasteiger partial charge in [0.1, 0.15) is 0 Å². The lowest BCUT2D eigenvalue weighted by molar-refractivity contribution is 0.729. The van der Waals surface area contributed by atoms with E-state index in [1.807, 2.05) is 0 Å². The maximum atomic E-state index is 5.50. The van der Waals surface area contributed by atoms with Gasteiger partial charge in [-0.3, -0.25) is 0 Å². The molecule has 2 aromatic rings. The second kappa shape index (κ2) is 5.03. The summed E-state index contributed by atoms with van der Waals surface area (Å²) in [6, 6.07) is 8.39. The molecule has 16 heavy (non-hydrogen) atoms. The molecule has 0 radical (unpaired) electrons. The van der Waals surface area contributed by atoms with Gasteiger partial charge < -0.3 is 15.6 Å². The monoisotopic (exact) mass is 217 g/mol. The summed E-state index contributed by atoms with van der Waals surface area (Å²) < 4.78 is 0. The summed E-state index contributed by atoms with van der Waals surface area (Å²) in [6.45, 7) is 1.83. The highest BCUT2D eigenvalue weighted by Gasteiger charge is 2.06. The molecule has 0 atom stereocenters. The number of H-pyrrole nitrogens is 1. The second-order valence-corrected chi connectivity index (χ2v) is 4.14. The van der Waals surface area contributed by atoms with E-state index in [0.717, 1.165) is 25.9 Å². The fraction of sp³-hybridized carbons (Fsp3) is 0.385. The molecule has 1 heterocycles. The van der Waals surface area contributed by atoms with Crippen molar-refractivity contribution < 1.29 is 0 Å². The van der Waals surface area contributed by atoms with E-state index < -0.39 is 0 Å². The molecule has 0 aliphatic rings. The molecule has 0 amide bonds. The van der Waals surface area contributed by atoms with Crippen LogP contribution < -0.4 is 10.6 Å². The van der Waals surface area contributed by atoms with E-state index in [0.29, 0.717) is 0 Å². The number of benzene rings is 1. The quantitative estimate of drug-likeness (QED) is 0.755. The summed E-state index contributed by atoms with van der Waals surface area (Å²) in [7, 11) is 2.13. The van der Waals surface area contributed by atoms with E-state index in [9.17, 15) is 0 Å². The Bertz CT molecular complexity index is 447. The number of anilines is 1. The normalized spacial score (nSPS) is 10.9. The predicted molar refractivity (Wildman–Crippen MR) is 69.9 cm³/mol. The minimum Gasteiger partial charge on any atom is -0.373 e. The molecule has 0 spiro atoms. The molecule has 0 saturated heterocycles. The summed E-state index contributed by atoms with van der Waals surface area (Å²) in [5, 5.41) is 1.29. The van der Waals surface area contributed by atoms with Gasteiger partial charge in [0.05, 0.1) is 5.69 Å². The van der Waals surface area contributed by atoms with Gasteiger partial charge in [-0.1, -0.05) is 18.2 Å². The van der Waals surface area contributed by atoms with Crippen LogP contribution in [-0.2, 0) is 0 Å².